The highest BCUT2D eigenvalue weighted by molar-refractivity contribution is 9.10. The molecule has 6 heteroatoms. The molecule has 1 aromatic carbocycles. The first kappa shape index (κ1) is 15.5. The first-order chi connectivity index (χ1) is 9.52. The predicted molar refractivity (Wildman–Crippen MR) is 85.6 cm³/mol. The number of aromatic nitrogens is 2. The number of likely N-dealkylation sites (N-methyl/N-ethyl adjacent to an activating group) is 1. The fourth-order valence-corrected chi connectivity index (χ4v) is 2.69. The van der Waals surface area contributed by atoms with Crippen LogP contribution in [-0.4, -0.2) is 28.0 Å². The van der Waals surface area contributed by atoms with Crippen molar-refractivity contribution in [1.29, 1.82) is 0 Å². The van der Waals surface area contributed by atoms with Gasteiger partial charge in [-0.25, -0.2) is 4.98 Å². The highest BCUT2D eigenvalue weighted by Gasteiger charge is 2.18. The molecule has 1 atom stereocenters. The van der Waals surface area contributed by atoms with Crippen molar-refractivity contribution in [3.63, 3.8) is 0 Å². The second kappa shape index (κ2) is 6.72. The van der Waals surface area contributed by atoms with Crippen molar-refractivity contribution >= 4 is 27.5 Å². The minimum atomic E-state index is 0.125. The molecule has 20 heavy (non-hydrogen) atoms. The number of hydrogen-bond acceptors (Lipinski definition) is 3. The summed E-state index contributed by atoms with van der Waals surface area (Å²) in [5.74, 6) is 1.01. The lowest BCUT2D eigenvalue weighted by molar-refractivity contribution is 0.234. The summed E-state index contributed by atoms with van der Waals surface area (Å²) in [7, 11) is 4.04. The zero-order chi connectivity index (χ0) is 14.7. The molecule has 1 aromatic heterocycles. The molecule has 0 aliphatic heterocycles. The maximum atomic E-state index is 6.04. The van der Waals surface area contributed by atoms with Gasteiger partial charge in [0.15, 0.2) is 0 Å². The Morgan fingerprint density at radius 1 is 1.50 bits per heavy atom. The lowest BCUT2D eigenvalue weighted by atomic mass is 10.1. The normalized spacial score (nSPS) is 12.9. The van der Waals surface area contributed by atoms with E-state index in [0.717, 1.165) is 22.4 Å². The molecule has 1 heterocycles. The number of benzene rings is 1. The molecule has 0 radical (unpaired) electrons. The number of nitrogens with zero attached hydrogens (tertiary/aromatic N) is 3. The molecule has 108 valence electrons. The van der Waals surface area contributed by atoms with Crippen LogP contribution in [0, 0.1) is 0 Å². The number of rotatable bonds is 5. The standard InChI is InChI=1S/C14H18BrClN4/c1-19-6-5-18-14(19)9-20(2)13(8-17)10-3-4-12(16)11(15)7-10/h3-7,13H,8-9,17H2,1-2H3. The maximum Gasteiger partial charge on any atom is 0.122 e. The molecule has 4 nitrogen and oxygen atoms in total. The topological polar surface area (TPSA) is 47.1 Å². The van der Waals surface area contributed by atoms with E-state index in [-0.39, 0.29) is 6.04 Å². The third kappa shape index (κ3) is 3.41. The zero-order valence-electron chi connectivity index (χ0n) is 11.6. The van der Waals surface area contributed by atoms with E-state index < -0.39 is 0 Å². The lowest BCUT2D eigenvalue weighted by Crippen LogP contribution is -2.31. The average Bonchev–Trinajstić information content (AvgIpc) is 2.80. The third-order valence-electron chi connectivity index (χ3n) is 3.40. The van der Waals surface area contributed by atoms with E-state index >= 15 is 0 Å². The number of halogens is 2. The summed E-state index contributed by atoms with van der Waals surface area (Å²) < 4.78 is 2.91. The van der Waals surface area contributed by atoms with Gasteiger partial charge in [-0.15, -0.1) is 0 Å². The van der Waals surface area contributed by atoms with Crippen molar-refractivity contribution in [2.45, 2.75) is 12.6 Å². The SMILES string of the molecule is CN(Cc1nccn1C)C(CN)c1ccc(Cl)c(Br)c1. The van der Waals surface area contributed by atoms with Crippen molar-refractivity contribution < 1.29 is 0 Å². The van der Waals surface area contributed by atoms with Gasteiger partial charge in [0.25, 0.3) is 0 Å². The van der Waals surface area contributed by atoms with Crippen molar-refractivity contribution in [1.82, 2.24) is 14.5 Å². The van der Waals surface area contributed by atoms with E-state index in [0.29, 0.717) is 11.6 Å². The minimum Gasteiger partial charge on any atom is -0.337 e. The summed E-state index contributed by atoms with van der Waals surface area (Å²) in [4.78, 5) is 6.54. The van der Waals surface area contributed by atoms with Crippen molar-refractivity contribution in [3.05, 3.63) is 51.5 Å². The Hall–Kier alpha value is -0.880. The molecule has 2 aromatic rings. The Morgan fingerprint density at radius 3 is 2.80 bits per heavy atom. The zero-order valence-corrected chi connectivity index (χ0v) is 13.9. The smallest absolute Gasteiger partial charge is 0.122 e. The van der Waals surface area contributed by atoms with Gasteiger partial charge in [-0.2, -0.15) is 0 Å². The van der Waals surface area contributed by atoms with Gasteiger partial charge in [-0.3, -0.25) is 4.90 Å². The van der Waals surface area contributed by atoms with Gasteiger partial charge in [0.05, 0.1) is 11.6 Å². The largest absolute Gasteiger partial charge is 0.337 e. The number of aryl methyl sites for hydroxylation is 1. The highest BCUT2D eigenvalue weighted by atomic mass is 79.9. The maximum absolute atomic E-state index is 6.04. The van der Waals surface area contributed by atoms with Crippen LogP contribution in [0.4, 0.5) is 0 Å². The van der Waals surface area contributed by atoms with Crippen LogP contribution in [0.5, 0.6) is 0 Å². The van der Waals surface area contributed by atoms with Crippen LogP contribution in [0.2, 0.25) is 5.02 Å². The molecule has 2 N–H and O–H groups in total. The number of hydrogen-bond donors (Lipinski definition) is 1. The van der Waals surface area contributed by atoms with E-state index in [4.69, 9.17) is 17.3 Å². The third-order valence-corrected chi connectivity index (χ3v) is 4.61. The fourth-order valence-electron chi connectivity index (χ4n) is 2.17. The monoisotopic (exact) mass is 356 g/mol. The van der Waals surface area contributed by atoms with Gasteiger partial charge < -0.3 is 10.3 Å². The Labute approximate surface area is 132 Å². The van der Waals surface area contributed by atoms with Crippen LogP contribution < -0.4 is 5.73 Å². The second-order valence-electron chi connectivity index (χ2n) is 4.79. The van der Waals surface area contributed by atoms with Gasteiger partial charge in [0.2, 0.25) is 0 Å². The molecule has 0 saturated heterocycles. The molecule has 0 spiro atoms. The molecule has 2 rings (SSSR count). The van der Waals surface area contributed by atoms with Crippen LogP contribution >= 0.6 is 27.5 Å². The van der Waals surface area contributed by atoms with Gasteiger partial charge in [-0.1, -0.05) is 17.7 Å². The Bertz CT molecular complexity index is 584. The van der Waals surface area contributed by atoms with E-state index in [1.165, 1.54) is 0 Å². The van der Waals surface area contributed by atoms with Crippen molar-refractivity contribution in [2.24, 2.45) is 12.8 Å². The molecule has 0 saturated carbocycles. The summed E-state index contributed by atoms with van der Waals surface area (Å²) in [5.41, 5.74) is 7.08. The number of nitrogens with two attached hydrogens (primary N) is 1. The van der Waals surface area contributed by atoms with Crippen LogP contribution in [0.3, 0.4) is 0 Å². The van der Waals surface area contributed by atoms with E-state index in [1.807, 2.05) is 36.0 Å². The Balaban J connectivity index is 2.18. The summed E-state index contributed by atoms with van der Waals surface area (Å²) in [5, 5.41) is 0.705. The van der Waals surface area contributed by atoms with Crippen LogP contribution in [0.1, 0.15) is 17.4 Å². The van der Waals surface area contributed by atoms with Crippen molar-refractivity contribution in [3.8, 4) is 0 Å². The van der Waals surface area contributed by atoms with Gasteiger partial charge in [-0.05, 0) is 40.7 Å². The van der Waals surface area contributed by atoms with Crippen LogP contribution in [-0.2, 0) is 13.6 Å². The van der Waals surface area contributed by atoms with Gasteiger partial charge in [0, 0.05) is 36.5 Å². The molecule has 0 aliphatic rings. The summed E-state index contributed by atoms with van der Waals surface area (Å²) in [6.45, 7) is 1.28. The second-order valence-corrected chi connectivity index (χ2v) is 6.06. The summed E-state index contributed by atoms with van der Waals surface area (Å²) in [6, 6.07) is 6.05. The van der Waals surface area contributed by atoms with Gasteiger partial charge >= 0.3 is 0 Å². The summed E-state index contributed by atoms with van der Waals surface area (Å²) in [6.07, 6.45) is 3.75. The molecular weight excluding hydrogens is 340 g/mol. The van der Waals surface area contributed by atoms with Gasteiger partial charge in [0.1, 0.15) is 5.82 Å². The lowest BCUT2D eigenvalue weighted by Gasteiger charge is -2.27. The highest BCUT2D eigenvalue weighted by Crippen LogP contribution is 2.28. The van der Waals surface area contributed by atoms with Crippen LogP contribution in [0.25, 0.3) is 0 Å². The van der Waals surface area contributed by atoms with E-state index in [2.05, 4.69) is 32.9 Å². The van der Waals surface area contributed by atoms with E-state index in [1.54, 1.807) is 6.20 Å². The summed E-state index contributed by atoms with van der Waals surface area (Å²) >= 11 is 9.50. The molecular formula is C14H18BrClN4. The molecule has 1 unspecified atom stereocenters. The quantitative estimate of drug-likeness (QED) is 0.895. The fraction of sp³-hybridized carbons (Fsp3) is 0.357. The molecule has 0 fully saturated rings. The minimum absolute atomic E-state index is 0.125. The van der Waals surface area contributed by atoms with Crippen molar-refractivity contribution in [2.75, 3.05) is 13.6 Å². The average molecular weight is 358 g/mol. The molecule has 0 amide bonds. The van der Waals surface area contributed by atoms with Crippen LogP contribution in [0.15, 0.2) is 35.1 Å². The first-order valence-corrected chi connectivity index (χ1v) is 7.51. The van der Waals surface area contributed by atoms with E-state index in [9.17, 15) is 0 Å². The Kier molecular flexibility index (Phi) is 5.21. The molecule has 0 aliphatic carbocycles. The molecule has 0 bridgehead atoms. The Morgan fingerprint density at radius 2 is 2.25 bits per heavy atom. The predicted octanol–water partition coefficient (Wildman–Crippen LogP) is 2.97. The first-order valence-electron chi connectivity index (χ1n) is 6.34. The number of imidazole rings is 1.